The molecule has 3 amide bonds. The summed E-state index contributed by atoms with van der Waals surface area (Å²) in [6.45, 7) is 15.6. The average molecular weight is 719 g/mol. The number of hydrogen-bond donors (Lipinski definition) is 2. The number of primary amides is 1. The lowest BCUT2D eigenvalue weighted by Gasteiger charge is -2.33. The molecule has 2 aliphatic heterocycles. The van der Waals surface area contributed by atoms with Crippen LogP contribution >= 0.6 is 0 Å². The molecule has 0 spiro atoms. The monoisotopic (exact) mass is 718 g/mol. The third-order valence-electron chi connectivity index (χ3n) is 10.7. The van der Waals surface area contributed by atoms with E-state index in [2.05, 4.69) is 37.2 Å². The molecule has 0 aromatic heterocycles. The second kappa shape index (κ2) is 20.2. The van der Waals surface area contributed by atoms with Gasteiger partial charge in [0.25, 0.3) is 0 Å². The molecular formula is C39H66N4O8. The number of benzene rings is 1. The third kappa shape index (κ3) is 12.8. The zero-order chi connectivity index (χ0) is 37.7. The Hall–Kier alpha value is -3.09. The third-order valence-corrected chi connectivity index (χ3v) is 10.7. The lowest BCUT2D eigenvalue weighted by atomic mass is 9.80. The first kappa shape index (κ1) is 42.3. The fraction of sp³-hybridized carbons (Fsp3) is 0.769. The van der Waals surface area contributed by atoms with Crippen molar-refractivity contribution in [1.82, 2.24) is 15.1 Å². The highest BCUT2D eigenvalue weighted by molar-refractivity contribution is 5.83. The lowest BCUT2D eigenvalue weighted by Crippen LogP contribution is -2.47. The highest BCUT2D eigenvalue weighted by Gasteiger charge is 2.43. The van der Waals surface area contributed by atoms with E-state index in [0.717, 1.165) is 44.3 Å². The molecule has 290 valence electrons. The van der Waals surface area contributed by atoms with Crippen molar-refractivity contribution in [2.75, 3.05) is 67.5 Å². The predicted molar refractivity (Wildman–Crippen MR) is 197 cm³/mol. The summed E-state index contributed by atoms with van der Waals surface area (Å²) >= 11 is 0. The summed E-state index contributed by atoms with van der Waals surface area (Å²) in [7, 11) is 5.43. The highest BCUT2D eigenvalue weighted by atomic mass is 16.6. The van der Waals surface area contributed by atoms with E-state index in [9.17, 15) is 14.4 Å². The van der Waals surface area contributed by atoms with Gasteiger partial charge in [0.1, 0.15) is 6.73 Å². The zero-order valence-corrected chi connectivity index (χ0v) is 32.7. The van der Waals surface area contributed by atoms with Crippen molar-refractivity contribution in [3.05, 3.63) is 23.8 Å². The van der Waals surface area contributed by atoms with Crippen molar-refractivity contribution in [2.45, 2.75) is 92.2 Å². The quantitative estimate of drug-likeness (QED) is 0.176. The van der Waals surface area contributed by atoms with E-state index in [1.54, 1.807) is 33.0 Å². The van der Waals surface area contributed by atoms with Crippen LogP contribution in [0.15, 0.2) is 18.2 Å². The van der Waals surface area contributed by atoms with E-state index in [4.69, 9.17) is 29.4 Å². The highest BCUT2D eigenvalue weighted by Crippen LogP contribution is 2.36. The van der Waals surface area contributed by atoms with Crippen LogP contribution in [0.1, 0.15) is 79.2 Å². The molecule has 2 heterocycles. The standard InChI is InChI=1S/C39H66N4O8/c1-26(2)30(19-29-11-12-33(48-9)35(20-29)49-18-10-17-47-8)21-32-34(22-31(27(3)4)36(44)41-24-39(5,6)37(40)45)51-25-43(32)38(46)50-23-28-13-15-42(7)16-14-28/h11-12,20,26-28,30-32,34H,10,13-19,21-25H2,1-9H3,(H2,40,45)(H,41,44)/t30-,31-,32-,34-/m0/s1. The number of nitrogens with one attached hydrogen (secondary N) is 1. The Morgan fingerprint density at radius 1 is 1.02 bits per heavy atom. The fourth-order valence-corrected chi connectivity index (χ4v) is 6.79. The molecule has 0 bridgehead atoms. The van der Waals surface area contributed by atoms with Gasteiger partial charge in [0.2, 0.25) is 11.8 Å². The summed E-state index contributed by atoms with van der Waals surface area (Å²) in [5.41, 5.74) is 5.80. The summed E-state index contributed by atoms with van der Waals surface area (Å²) in [6, 6.07) is 5.77. The molecule has 1 aromatic carbocycles. The Balaban J connectivity index is 1.83. The summed E-state index contributed by atoms with van der Waals surface area (Å²) < 4.78 is 29.2. The maximum atomic E-state index is 13.8. The summed E-state index contributed by atoms with van der Waals surface area (Å²) in [6.07, 6.45) is 3.88. The molecule has 0 aliphatic carbocycles. The number of nitrogens with zero attached hydrogens (tertiary/aromatic N) is 2. The molecule has 12 nitrogen and oxygen atoms in total. The lowest BCUT2D eigenvalue weighted by molar-refractivity contribution is -0.130. The van der Waals surface area contributed by atoms with Crippen molar-refractivity contribution in [3.63, 3.8) is 0 Å². The molecule has 0 radical (unpaired) electrons. The molecule has 1 aromatic rings. The number of likely N-dealkylation sites (tertiary alicyclic amines) is 1. The van der Waals surface area contributed by atoms with Gasteiger partial charge in [0.05, 0.1) is 37.9 Å². The van der Waals surface area contributed by atoms with Gasteiger partial charge in [-0.05, 0) is 107 Å². The first-order valence-electron chi connectivity index (χ1n) is 18.8. The van der Waals surface area contributed by atoms with Crippen molar-refractivity contribution >= 4 is 17.9 Å². The van der Waals surface area contributed by atoms with Gasteiger partial charge in [-0.1, -0.05) is 33.8 Å². The maximum Gasteiger partial charge on any atom is 0.411 e. The van der Waals surface area contributed by atoms with E-state index < -0.39 is 17.2 Å². The minimum Gasteiger partial charge on any atom is -0.493 e. The Kier molecular flexibility index (Phi) is 16.8. The van der Waals surface area contributed by atoms with Crippen molar-refractivity contribution in [2.24, 2.45) is 40.7 Å². The van der Waals surface area contributed by atoms with E-state index in [0.29, 0.717) is 50.1 Å². The van der Waals surface area contributed by atoms with E-state index in [1.807, 2.05) is 26.0 Å². The topological polar surface area (TPSA) is 142 Å². The van der Waals surface area contributed by atoms with Crippen LogP contribution in [0.25, 0.3) is 0 Å². The van der Waals surface area contributed by atoms with E-state index in [1.165, 1.54) is 0 Å². The van der Waals surface area contributed by atoms with Crippen LogP contribution in [-0.2, 0) is 30.2 Å². The Morgan fingerprint density at radius 3 is 2.33 bits per heavy atom. The molecule has 4 atom stereocenters. The number of rotatable bonds is 20. The Labute approximate surface area is 306 Å². The number of amides is 3. The van der Waals surface area contributed by atoms with Gasteiger partial charge >= 0.3 is 6.09 Å². The minimum atomic E-state index is -0.876. The van der Waals surface area contributed by atoms with E-state index >= 15 is 0 Å². The van der Waals surface area contributed by atoms with Gasteiger partial charge in [-0.15, -0.1) is 0 Å². The van der Waals surface area contributed by atoms with Gasteiger partial charge in [-0.2, -0.15) is 0 Å². The molecule has 0 unspecified atom stereocenters. The van der Waals surface area contributed by atoms with Crippen LogP contribution in [0.5, 0.6) is 11.5 Å². The molecule has 3 rings (SSSR count). The molecule has 12 heteroatoms. The molecule has 0 saturated carbocycles. The smallest absolute Gasteiger partial charge is 0.411 e. The first-order valence-corrected chi connectivity index (χ1v) is 18.8. The first-order chi connectivity index (χ1) is 24.2. The number of carbonyl (C=O) groups excluding carboxylic acids is 3. The molecule has 51 heavy (non-hydrogen) atoms. The van der Waals surface area contributed by atoms with Gasteiger partial charge in [-0.3, -0.25) is 14.5 Å². The number of nitrogens with two attached hydrogens (primary N) is 1. The second-order valence-corrected chi connectivity index (χ2v) is 15.9. The van der Waals surface area contributed by atoms with Crippen molar-refractivity contribution in [3.8, 4) is 11.5 Å². The zero-order valence-electron chi connectivity index (χ0n) is 32.7. The number of methoxy groups -OCH3 is 2. The van der Waals surface area contributed by atoms with Crippen LogP contribution in [0.4, 0.5) is 4.79 Å². The Bertz CT molecular complexity index is 1250. The number of ether oxygens (including phenoxy) is 5. The Morgan fingerprint density at radius 2 is 1.73 bits per heavy atom. The van der Waals surface area contributed by atoms with E-state index in [-0.39, 0.29) is 55.2 Å². The van der Waals surface area contributed by atoms with Crippen molar-refractivity contribution < 1.29 is 38.1 Å². The fourth-order valence-electron chi connectivity index (χ4n) is 6.79. The van der Waals surface area contributed by atoms with Crippen LogP contribution in [0.2, 0.25) is 0 Å². The van der Waals surface area contributed by atoms with Gasteiger partial charge in [0, 0.05) is 32.6 Å². The van der Waals surface area contributed by atoms with Gasteiger partial charge in [0.15, 0.2) is 11.5 Å². The molecule has 2 fully saturated rings. The summed E-state index contributed by atoms with van der Waals surface area (Å²) in [5, 5.41) is 2.96. The second-order valence-electron chi connectivity index (χ2n) is 15.9. The van der Waals surface area contributed by atoms with Crippen LogP contribution in [0.3, 0.4) is 0 Å². The normalized spacial score (nSPS) is 20.0. The predicted octanol–water partition coefficient (Wildman–Crippen LogP) is 5.11. The van der Waals surface area contributed by atoms with Crippen LogP contribution < -0.4 is 20.5 Å². The molecule has 2 saturated heterocycles. The van der Waals surface area contributed by atoms with Crippen LogP contribution in [0, 0.1) is 35.0 Å². The molecular weight excluding hydrogens is 652 g/mol. The summed E-state index contributed by atoms with van der Waals surface area (Å²) in [5.74, 6) is 1.16. The van der Waals surface area contributed by atoms with Crippen molar-refractivity contribution in [1.29, 1.82) is 0 Å². The number of hydrogen-bond acceptors (Lipinski definition) is 9. The molecule has 2 aliphatic rings. The largest absolute Gasteiger partial charge is 0.493 e. The van der Waals surface area contributed by atoms with Gasteiger partial charge < -0.3 is 39.6 Å². The minimum absolute atomic E-state index is 0.00104. The maximum absolute atomic E-state index is 13.8. The SMILES string of the molecule is COCCCOc1cc(C[C@@H](C[C@H]2[C@H](C[C@H](C(=O)NCC(C)(C)C(N)=O)C(C)C)OCN2C(=O)OCC2CCN(C)CC2)C(C)C)ccc1OC. The number of piperidine rings is 1. The van der Waals surface area contributed by atoms with Crippen LogP contribution in [-0.4, -0.2) is 107 Å². The molecule has 3 N–H and O–H groups in total. The summed E-state index contributed by atoms with van der Waals surface area (Å²) in [4.78, 5) is 43.3. The average Bonchev–Trinajstić information content (AvgIpc) is 3.49. The van der Waals surface area contributed by atoms with Gasteiger partial charge in [-0.25, -0.2) is 4.79 Å². The number of carbonyl (C=O) groups is 3.